The number of aryl methyl sites for hydroxylation is 1. The minimum atomic E-state index is -1.11. The van der Waals surface area contributed by atoms with E-state index in [4.69, 9.17) is 15.8 Å². The summed E-state index contributed by atoms with van der Waals surface area (Å²) in [5.41, 5.74) is 14.1. The van der Waals surface area contributed by atoms with Gasteiger partial charge in [0.05, 0.1) is 34.6 Å². The Bertz CT molecular complexity index is 1990. The maximum absolute atomic E-state index is 14.1. The van der Waals surface area contributed by atoms with Crippen LogP contribution in [0.25, 0.3) is 39.2 Å². The third-order valence-electron chi connectivity index (χ3n) is 8.87. The van der Waals surface area contributed by atoms with Crippen LogP contribution >= 0.6 is 0 Å². The second-order valence-electron chi connectivity index (χ2n) is 12.1. The van der Waals surface area contributed by atoms with Crippen LogP contribution in [0, 0.1) is 12.8 Å². The van der Waals surface area contributed by atoms with Crippen LogP contribution in [0.4, 0.5) is 4.39 Å². The summed E-state index contributed by atoms with van der Waals surface area (Å²) in [6.45, 7) is 3.27. The van der Waals surface area contributed by atoms with Crippen molar-refractivity contribution in [2.75, 3.05) is 13.1 Å². The van der Waals surface area contributed by atoms with Crippen LogP contribution in [0.1, 0.15) is 51.1 Å². The van der Waals surface area contributed by atoms with Crippen molar-refractivity contribution in [3.05, 3.63) is 77.0 Å². The number of likely N-dealkylation sites (tertiary alicyclic amines) is 1. The highest BCUT2D eigenvalue weighted by atomic mass is 19.1. The zero-order chi connectivity index (χ0) is 29.4. The van der Waals surface area contributed by atoms with Crippen LogP contribution in [-0.2, 0) is 6.54 Å². The van der Waals surface area contributed by atoms with E-state index in [0.29, 0.717) is 23.6 Å². The number of aliphatic imine (C=N–C) groups is 1. The van der Waals surface area contributed by atoms with Gasteiger partial charge >= 0.3 is 0 Å². The van der Waals surface area contributed by atoms with Crippen molar-refractivity contribution in [1.82, 2.24) is 24.1 Å². The molecule has 9 nitrogen and oxygen atoms in total. The van der Waals surface area contributed by atoms with Crippen LogP contribution in [0.15, 0.2) is 59.7 Å². The summed E-state index contributed by atoms with van der Waals surface area (Å²) in [7, 11) is 0. The van der Waals surface area contributed by atoms with Gasteiger partial charge in [-0.25, -0.2) is 18.9 Å². The van der Waals surface area contributed by atoms with Crippen molar-refractivity contribution < 1.29 is 14.0 Å². The molecule has 1 aliphatic carbocycles. The number of amides is 2. The first-order chi connectivity index (χ1) is 20.8. The largest absolute Gasteiger partial charge is 0.334 e. The van der Waals surface area contributed by atoms with Crippen molar-refractivity contribution in [2.24, 2.45) is 16.6 Å². The molecule has 2 amide bonds. The van der Waals surface area contributed by atoms with E-state index in [0.717, 1.165) is 56.9 Å². The number of pyridine rings is 2. The number of nitrogens with zero attached hydrogens (tertiary/aromatic N) is 6. The smallest absolute Gasteiger partial charge is 0.277 e. The molecule has 3 aliphatic rings. The van der Waals surface area contributed by atoms with Gasteiger partial charge < -0.3 is 15.2 Å². The molecule has 0 radical (unpaired) electrons. The van der Waals surface area contributed by atoms with E-state index in [9.17, 15) is 14.0 Å². The number of carbonyl (C=O) groups excluding carboxylic acids is 2. The fraction of sp³-hybridized carbons (Fsp3) is 0.303. The number of aromatic nitrogens is 4. The fourth-order valence-electron chi connectivity index (χ4n) is 6.40. The Morgan fingerprint density at radius 3 is 2.77 bits per heavy atom. The fourth-order valence-corrected chi connectivity index (χ4v) is 6.40. The van der Waals surface area contributed by atoms with Gasteiger partial charge in [-0.2, -0.15) is 5.10 Å². The normalized spacial score (nSPS) is 20.0. The molecule has 6 heterocycles. The van der Waals surface area contributed by atoms with Crippen LogP contribution in [-0.4, -0.2) is 67.4 Å². The zero-order valence-electron chi connectivity index (χ0n) is 23.7. The lowest BCUT2D eigenvalue weighted by molar-refractivity contribution is 0.0606. The van der Waals surface area contributed by atoms with Crippen LogP contribution in [0.2, 0.25) is 0 Å². The van der Waals surface area contributed by atoms with Gasteiger partial charge in [0.25, 0.3) is 11.8 Å². The average molecular weight is 576 g/mol. The maximum Gasteiger partial charge on any atom is 0.277 e. The monoisotopic (exact) mass is 575 g/mol. The molecule has 2 aliphatic heterocycles. The van der Waals surface area contributed by atoms with Crippen LogP contribution in [0.5, 0.6) is 0 Å². The van der Waals surface area contributed by atoms with E-state index in [1.54, 1.807) is 23.0 Å². The van der Waals surface area contributed by atoms with Gasteiger partial charge in [0.1, 0.15) is 17.5 Å². The molecule has 43 heavy (non-hydrogen) atoms. The lowest BCUT2D eigenvalue weighted by atomic mass is 10.0. The quantitative estimate of drug-likeness (QED) is 0.323. The number of fused-ring (bicyclic) bond motifs is 3. The first kappa shape index (κ1) is 26.0. The molecule has 0 spiro atoms. The summed E-state index contributed by atoms with van der Waals surface area (Å²) in [4.78, 5) is 36.0. The number of hydrogen-bond donors (Lipinski definition) is 1. The third-order valence-corrected chi connectivity index (χ3v) is 8.87. The molecule has 1 saturated carbocycles. The zero-order valence-corrected chi connectivity index (χ0v) is 23.7. The molecule has 10 heteroatoms. The van der Waals surface area contributed by atoms with Gasteiger partial charge in [-0.05, 0) is 68.5 Å². The molecule has 2 atom stereocenters. The van der Waals surface area contributed by atoms with Gasteiger partial charge in [0, 0.05) is 53.6 Å². The lowest BCUT2D eigenvalue weighted by Crippen LogP contribution is -2.50. The Labute approximate surface area is 246 Å². The highest BCUT2D eigenvalue weighted by molar-refractivity contribution is 6.13. The van der Waals surface area contributed by atoms with E-state index >= 15 is 0 Å². The summed E-state index contributed by atoms with van der Waals surface area (Å²) in [6.07, 6.45) is 4.85. The van der Waals surface area contributed by atoms with Crippen molar-refractivity contribution in [2.45, 2.75) is 44.9 Å². The van der Waals surface area contributed by atoms with Gasteiger partial charge in [0.2, 0.25) is 0 Å². The predicted octanol–water partition coefficient (Wildman–Crippen LogP) is 4.82. The minimum absolute atomic E-state index is 0.0553. The van der Waals surface area contributed by atoms with E-state index in [-0.39, 0.29) is 30.8 Å². The van der Waals surface area contributed by atoms with Crippen molar-refractivity contribution >= 4 is 34.6 Å². The highest BCUT2D eigenvalue weighted by Crippen LogP contribution is 2.37. The van der Waals surface area contributed by atoms with E-state index in [1.165, 1.54) is 17.7 Å². The van der Waals surface area contributed by atoms with Gasteiger partial charge in [-0.1, -0.05) is 12.1 Å². The maximum atomic E-state index is 14.1. The average Bonchev–Trinajstić information content (AvgIpc) is 3.53. The van der Waals surface area contributed by atoms with Gasteiger partial charge in [-0.3, -0.25) is 9.59 Å². The molecule has 4 aromatic heterocycles. The Morgan fingerprint density at radius 2 is 1.95 bits per heavy atom. The second-order valence-corrected chi connectivity index (χ2v) is 12.1. The molecule has 0 unspecified atom stereocenters. The molecular formula is C33H30FN7O2. The number of halogens is 1. The lowest BCUT2D eigenvalue weighted by Gasteiger charge is -2.32. The predicted molar refractivity (Wildman–Crippen MR) is 162 cm³/mol. The summed E-state index contributed by atoms with van der Waals surface area (Å²) in [5.74, 6) is 0.121. The molecule has 1 aromatic carbocycles. The third kappa shape index (κ3) is 4.44. The number of benzene rings is 1. The molecular weight excluding hydrogens is 545 g/mol. The summed E-state index contributed by atoms with van der Waals surface area (Å²) < 4.78 is 18.2. The van der Waals surface area contributed by atoms with E-state index in [2.05, 4.69) is 21.7 Å². The SMILES string of the molecule is Cc1c(-c2cc3ccc(-c4ccc5c(c4)C(=O)N=C5)nc3n2CC2CC2)nn2cc(C(=O)N3C[C@H](N)C[C@@H](F)C3)ccc12. The Balaban J connectivity index is 1.19. The number of rotatable bonds is 5. The van der Waals surface area contributed by atoms with E-state index in [1.807, 2.05) is 37.3 Å². The second kappa shape index (κ2) is 9.67. The molecule has 2 N–H and O–H groups in total. The summed E-state index contributed by atoms with van der Waals surface area (Å²) >= 11 is 0. The van der Waals surface area contributed by atoms with Crippen LogP contribution < -0.4 is 5.73 Å². The molecule has 216 valence electrons. The number of hydrogen-bond acceptors (Lipinski definition) is 5. The summed E-state index contributed by atoms with van der Waals surface area (Å²) in [6, 6.07) is 15.3. The topological polar surface area (TPSA) is 111 Å². The molecule has 8 rings (SSSR count). The van der Waals surface area contributed by atoms with E-state index < -0.39 is 6.17 Å². The molecule has 1 saturated heterocycles. The van der Waals surface area contributed by atoms with Crippen molar-refractivity contribution in [1.29, 1.82) is 0 Å². The van der Waals surface area contributed by atoms with Crippen molar-refractivity contribution in [3.8, 4) is 22.6 Å². The van der Waals surface area contributed by atoms with Crippen molar-refractivity contribution in [3.63, 3.8) is 0 Å². The number of nitrogens with two attached hydrogens (primary N) is 1. The molecule has 0 bridgehead atoms. The standard InChI is InChI=1S/C33H30FN7O2/c1-18-28-9-7-23(33(43)39-16-24(34)12-25(35)17-39)15-41(28)38-30(18)29-11-21-6-8-27(37-31(21)40(29)14-19-2-3-19)20-4-5-22-13-36-32(42)26(22)10-20/h4-11,13,15,19,24-25H,2-3,12,14,16-17,35H2,1H3/t24-,25-/m1/s1. The number of alkyl halides is 1. The van der Waals surface area contributed by atoms with Gasteiger partial charge in [-0.15, -0.1) is 0 Å². The highest BCUT2D eigenvalue weighted by Gasteiger charge is 2.30. The first-order valence-corrected chi connectivity index (χ1v) is 14.7. The molecule has 5 aromatic rings. The molecule has 2 fully saturated rings. The first-order valence-electron chi connectivity index (χ1n) is 14.7. The Kier molecular flexibility index (Phi) is 5.84. The minimum Gasteiger partial charge on any atom is -0.334 e. The van der Waals surface area contributed by atoms with Crippen LogP contribution in [0.3, 0.4) is 0 Å². The number of carbonyl (C=O) groups is 2. The Hall–Kier alpha value is -4.70. The Morgan fingerprint density at radius 1 is 1.09 bits per heavy atom. The summed E-state index contributed by atoms with van der Waals surface area (Å²) in [5, 5.41) is 5.97. The van der Waals surface area contributed by atoms with Gasteiger partial charge in [0.15, 0.2) is 0 Å². The number of piperidine rings is 1.